The molecule has 0 atom stereocenters. The van der Waals surface area contributed by atoms with Gasteiger partial charge in [0.2, 0.25) is 0 Å². The van der Waals surface area contributed by atoms with Crippen molar-refractivity contribution in [3.05, 3.63) is 16.6 Å². The molecule has 0 amide bonds. The molecule has 3 aliphatic rings. The van der Waals surface area contributed by atoms with Crippen LogP contribution in [-0.4, -0.2) is 33.8 Å². The van der Waals surface area contributed by atoms with Gasteiger partial charge in [-0.1, -0.05) is 0 Å². The molecule has 2 saturated heterocycles. The van der Waals surface area contributed by atoms with E-state index in [9.17, 15) is 0 Å². The van der Waals surface area contributed by atoms with Crippen LogP contribution in [-0.2, 0) is 0 Å². The molecule has 2 aliphatic heterocycles. The standard InChI is InChI=1S/C14H20N4S2/c1-10(13-15-6-7-20-13)16-17-14(19)18-8-11-2-3-12(9-18)5-4-11/h6-7,11-12H,2-5,8-9H2,1H3,(H,17,19)/b16-10+. The normalized spacial score (nSPS) is 26.4. The fourth-order valence-corrected chi connectivity index (χ4v) is 3.90. The van der Waals surface area contributed by atoms with E-state index in [1.54, 1.807) is 17.5 Å². The molecule has 0 unspecified atom stereocenters. The highest BCUT2D eigenvalue weighted by Gasteiger charge is 2.30. The topological polar surface area (TPSA) is 40.5 Å². The molecule has 4 rings (SSSR count). The second-order valence-corrected chi connectivity index (χ2v) is 7.02. The first-order chi connectivity index (χ1) is 9.72. The number of rotatable bonds is 2. The minimum absolute atomic E-state index is 0.764. The highest BCUT2D eigenvalue weighted by molar-refractivity contribution is 7.80. The van der Waals surface area contributed by atoms with Crippen molar-refractivity contribution >= 4 is 34.4 Å². The number of nitrogens with one attached hydrogen (secondary N) is 1. The van der Waals surface area contributed by atoms with E-state index in [0.29, 0.717) is 0 Å². The Bertz CT molecular complexity index is 475. The Morgan fingerprint density at radius 3 is 2.55 bits per heavy atom. The first-order valence-electron chi connectivity index (χ1n) is 7.21. The van der Waals surface area contributed by atoms with Gasteiger partial charge < -0.3 is 4.90 Å². The lowest BCUT2D eigenvalue weighted by atomic mass is 9.84. The summed E-state index contributed by atoms with van der Waals surface area (Å²) >= 11 is 7.10. The number of thiocarbonyl (C=S) groups is 1. The fraction of sp³-hybridized carbons (Fsp3) is 0.643. The zero-order chi connectivity index (χ0) is 13.9. The highest BCUT2D eigenvalue weighted by Crippen LogP contribution is 2.33. The van der Waals surface area contributed by atoms with E-state index in [-0.39, 0.29) is 0 Å². The highest BCUT2D eigenvalue weighted by atomic mass is 32.1. The summed E-state index contributed by atoms with van der Waals surface area (Å²) in [5.41, 5.74) is 3.94. The third kappa shape index (κ3) is 3.17. The molecule has 1 saturated carbocycles. The third-order valence-corrected chi connectivity index (χ3v) is 5.50. The molecule has 1 aromatic heterocycles. The van der Waals surface area contributed by atoms with Gasteiger partial charge in [-0.05, 0) is 56.7 Å². The minimum Gasteiger partial charge on any atom is -0.347 e. The fourth-order valence-electron chi connectivity index (χ4n) is 3.11. The van der Waals surface area contributed by atoms with Crippen LogP contribution in [0.4, 0.5) is 0 Å². The van der Waals surface area contributed by atoms with Crippen LogP contribution in [0.25, 0.3) is 0 Å². The van der Waals surface area contributed by atoms with Gasteiger partial charge in [0.1, 0.15) is 5.01 Å². The first kappa shape index (κ1) is 13.9. The van der Waals surface area contributed by atoms with Crippen molar-refractivity contribution in [2.45, 2.75) is 32.6 Å². The van der Waals surface area contributed by atoms with E-state index >= 15 is 0 Å². The molecule has 1 aromatic rings. The van der Waals surface area contributed by atoms with Gasteiger partial charge >= 0.3 is 0 Å². The number of thiazole rings is 1. The van der Waals surface area contributed by atoms with Crippen molar-refractivity contribution in [1.82, 2.24) is 15.3 Å². The van der Waals surface area contributed by atoms with Crippen molar-refractivity contribution in [2.24, 2.45) is 16.9 Å². The van der Waals surface area contributed by atoms with Gasteiger partial charge in [0.25, 0.3) is 0 Å². The van der Waals surface area contributed by atoms with Crippen LogP contribution in [0.1, 0.15) is 37.6 Å². The number of nitrogens with zero attached hydrogens (tertiary/aromatic N) is 3. The number of hydrogen-bond donors (Lipinski definition) is 1. The Balaban J connectivity index is 1.60. The van der Waals surface area contributed by atoms with Crippen LogP contribution in [0.2, 0.25) is 0 Å². The van der Waals surface area contributed by atoms with Crippen LogP contribution in [0.15, 0.2) is 16.7 Å². The average molecular weight is 308 g/mol. The summed E-state index contributed by atoms with van der Waals surface area (Å²) < 4.78 is 0. The van der Waals surface area contributed by atoms with Crippen LogP contribution >= 0.6 is 23.6 Å². The summed E-state index contributed by atoms with van der Waals surface area (Å²) in [4.78, 5) is 6.56. The van der Waals surface area contributed by atoms with Gasteiger partial charge in [0.05, 0.1) is 5.71 Å². The number of fused-ring (bicyclic) bond motifs is 4. The molecule has 108 valence electrons. The van der Waals surface area contributed by atoms with Crippen molar-refractivity contribution in [1.29, 1.82) is 0 Å². The van der Waals surface area contributed by atoms with Crippen LogP contribution < -0.4 is 5.43 Å². The lowest BCUT2D eigenvalue weighted by molar-refractivity contribution is 0.326. The van der Waals surface area contributed by atoms with Crippen LogP contribution in [0.3, 0.4) is 0 Å². The number of hydrazone groups is 1. The lowest BCUT2D eigenvalue weighted by Crippen LogP contribution is -2.40. The number of hydrogen-bond acceptors (Lipinski definition) is 4. The zero-order valence-corrected chi connectivity index (χ0v) is 13.3. The summed E-state index contributed by atoms with van der Waals surface area (Å²) in [6, 6.07) is 0. The molecule has 1 aliphatic carbocycles. The summed E-state index contributed by atoms with van der Waals surface area (Å²) in [7, 11) is 0. The van der Waals surface area contributed by atoms with Crippen LogP contribution in [0, 0.1) is 11.8 Å². The zero-order valence-electron chi connectivity index (χ0n) is 11.7. The smallest absolute Gasteiger partial charge is 0.189 e. The van der Waals surface area contributed by atoms with Crippen molar-refractivity contribution in [3.8, 4) is 0 Å². The van der Waals surface area contributed by atoms with Crippen molar-refractivity contribution in [3.63, 3.8) is 0 Å². The molecule has 20 heavy (non-hydrogen) atoms. The van der Waals surface area contributed by atoms with Gasteiger partial charge in [-0.25, -0.2) is 4.98 Å². The van der Waals surface area contributed by atoms with Crippen molar-refractivity contribution < 1.29 is 0 Å². The Labute approximate surface area is 129 Å². The maximum Gasteiger partial charge on any atom is 0.189 e. The predicted octanol–water partition coefficient (Wildman–Crippen LogP) is 2.86. The molecular weight excluding hydrogens is 288 g/mol. The Hall–Kier alpha value is -1.01. The summed E-state index contributed by atoms with van der Waals surface area (Å²) in [5, 5.41) is 8.04. The van der Waals surface area contributed by atoms with E-state index < -0.39 is 0 Å². The summed E-state index contributed by atoms with van der Waals surface area (Å²) in [6.07, 6.45) is 7.26. The quantitative estimate of drug-likeness (QED) is 0.518. The first-order valence-corrected chi connectivity index (χ1v) is 8.50. The van der Waals surface area contributed by atoms with Gasteiger partial charge in [-0.2, -0.15) is 5.10 Å². The maximum absolute atomic E-state index is 5.51. The second-order valence-electron chi connectivity index (χ2n) is 5.74. The van der Waals surface area contributed by atoms with Gasteiger partial charge in [-0.3, -0.25) is 5.43 Å². The van der Waals surface area contributed by atoms with E-state index in [2.05, 4.69) is 20.4 Å². The molecule has 3 heterocycles. The molecule has 3 fully saturated rings. The molecule has 2 bridgehead atoms. The Morgan fingerprint density at radius 1 is 1.35 bits per heavy atom. The molecule has 0 spiro atoms. The molecule has 0 aromatic carbocycles. The average Bonchev–Trinajstić information content (AvgIpc) is 2.84. The predicted molar refractivity (Wildman–Crippen MR) is 87.1 cm³/mol. The van der Waals surface area contributed by atoms with Gasteiger partial charge in [0, 0.05) is 24.7 Å². The van der Waals surface area contributed by atoms with Gasteiger partial charge in [0.15, 0.2) is 5.11 Å². The number of aromatic nitrogens is 1. The third-order valence-electron chi connectivity index (χ3n) is 4.27. The Morgan fingerprint density at radius 2 is 2.00 bits per heavy atom. The Kier molecular flexibility index (Phi) is 4.31. The summed E-state index contributed by atoms with van der Waals surface area (Å²) in [6.45, 7) is 4.14. The maximum atomic E-state index is 5.51. The lowest BCUT2D eigenvalue weighted by Gasteiger charge is -2.24. The SMILES string of the molecule is C/C(=N\NC(=S)N1CC2CCC(CC2)C1)c1nccs1. The van der Waals surface area contributed by atoms with E-state index in [1.165, 1.54) is 25.7 Å². The molecular formula is C14H20N4S2. The van der Waals surface area contributed by atoms with Crippen LogP contribution in [0.5, 0.6) is 0 Å². The van der Waals surface area contributed by atoms with E-state index in [4.69, 9.17) is 12.2 Å². The largest absolute Gasteiger partial charge is 0.347 e. The monoisotopic (exact) mass is 308 g/mol. The molecule has 0 radical (unpaired) electrons. The van der Waals surface area contributed by atoms with Crippen molar-refractivity contribution in [2.75, 3.05) is 13.1 Å². The van der Waals surface area contributed by atoms with Gasteiger partial charge in [-0.15, -0.1) is 11.3 Å². The summed E-state index contributed by atoms with van der Waals surface area (Å²) in [5.74, 6) is 1.63. The minimum atomic E-state index is 0.764. The second kappa shape index (κ2) is 6.18. The molecule has 6 heteroatoms. The molecule has 1 N–H and O–H groups in total. The molecule has 4 nitrogen and oxygen atoms in total. The van der Waals surface area contributed by atoms with E-state index in [1.807, 2.05) is 12.3 Å². The van der Waals surface area contributed by atoms with E-state index in [0.717, 1.165) is 40.8 Å².